The largest absolute Gasteiger partial charge is 0.508 e. The van der Waals surface area contributed by atoms with Crippen molar-refractivity contribution in [3.8, 4) is 5.75 Å². The van der Waals surface area contributed by atoms with Crippen molar-refractivity contribution < 1.29 is 5.11 Å². The van der Waals surface area contributed by atoms with E-state index in [1.807, 2.05) is 12.3 Å². The number of aromatic hydroxyl groups is 1. The maximum absolute atomic E-state index is 9.30. The molecule has 19 heavy (non-hydrogen) atoms. The summed E-state index contributed by atoms with van der Waals surface area (Å²) in [5, 5.41) is 10.4. The monoisotopic (exact) mass is 256 g/mol. The molecule has 0 aliphatic rings. The van der Waals surface area contributed by atoms with Gasteiger partial charge in [0.2, 0.25) is 0 Å². The van der Waals surface area contributed by atoms with Crippen LogP contribution < -0.4 is 5.73 Å². The number of nitrogens with two attached hydrogens (primary N) is 1. The highest BCUT2D eigenvalue weighted by atomic mass is 16.3. The summed E-state index contributed by atoms with van der Waals surface area (Å²) >= 11 is 0. The van der Waals surface area contributed by atoms with Gasteiger partial charge in [-0.1, -0.05) is 0 Å². The predicted molar refractivity (Wildman–Crippen MR) is 74.8 cm³/mol. The number of phenolic OH excluding ortho intramolecular Hbond substituents is 1. The SMILES string of the molecule is NCCc1c[nH]c2ccc(O)cc12.c1cncnc1. The van der Waals surface area contributed by atoms with E-state index in [0.717, 1.165) is 22.9 Å². The molecular formula is C14H16N4O. The minimum atomic E-state index is 0.297. The Morgan fingerprint density at radius 1 is 1.21 bits per heavy atom. The molecule has 3 aromatic rings. The third-order valence-electron chi connectivity index (χ3n) is 2.64. The first kappa shape index (κ1) is 13.0. The molecule has 0 radical (unpaired) electrons. The number of benzene rings is 1. The van der Waals surface area contributed by atoms with Crippen LogP contribution in [0.2, 0.25) is 0 Å². The van der Waals surface area contributed by atoms with Crippen molar-refractivity contribution in [2.75, 3.05) is 6.54 Å². The third-order valence-corrected chi connectivity index (χ3v) is 2.64. The lowest BCUT2D eigenvalue weighted by molar-refractivity contribution is 0.476. The van der Waals surface area contributed by atoms with E-state index in [1.54, 1.807) is 30.6 Å². The summed E-state index contributed by atoms with van der Waals surface area (Å²) in [5.41, 5.74) is 7.68. The van der Waals surface area contributed by atoms with E-state index < -0.39 is 0 Å². The summed E-state index contributed by atoms with van der Waals surface area (Å²) in [6.45, 7) is 0.628. The number of aromatic nitrogens is 3. The van der Waals surface area contributed by atoms with Crippen LogP contribution in [-0.4, -0.2) is 26.6 Å². The zero-order chi connectivity index (χ0) is 13.5. The Morgan fingerprint density at radius 2 is 2.00 bits per heavy atom. The summed E-state index contributed by atoms with van der Waals surface area (Å²) in [6, 6.07) is 7.08. The fourth-order valence-corrected chi connectivity index (χ4v) is 1.78. The molecule has 0 aliphatic heterocycles. The number of phenols is 1. The number of aromatic amines is 1. The second kappa shape index (κ2) is 6.51. The molecule has 0 unspecified atom stereocenters. The second-order valence-electron chi connectivity index (χ2n) is 3.99. The van der Waals surface area contributed by atoms with Crippen LogP contribution in [0.5, 0.6) is 5.75 Å². The first-order valence-corrected chi connectivity index (χ1v) is 6.00. The van der Waals surface area contributed by atoms with E-state index >= 15 is 0 Å². The van der Waals surface area contributed by atoms with E-state index in [9.17, 15) is 5.11 Å². The van der Waals surface area contributed by atoms with E-state index in [4.69, 9.17) is 5.73 Å². The van der Waals surface area contributed by atoms with Crippen LogP contribution in [-0.2, 0) is 6.42 Å². The molecule has 2 aromatic heterocycles. The van der Waals surface area contributed by atoms with Crippen molar-refractivity contribution in [3.05, 3.63) is 54.7 Å². The molecule has 1 aromatic carbocycles. The number of hydrogen-bond donors (Lipinski definition) is 3. The molecule has 0 spiro atoms. The van der Waals surface area contributed by atoms with Gasteiger partial charge in [0.1, 0.15) is 12.1 Å². The summed E-state index contributed by atoms with van der Waals surface area (Å²) in [4.78, 5) is 10.5. The fourth-order valence-electron chi connectivity index (χ4n) is 1.78. The van der Waals surface area contributed by atoms with Crippen LogP contribution in [0, 0.1) is 0 Å². The fraction of sp³-hybridized carbons (Fsp3) is 0.143. The summed E-state index contributed by atoms with van der Waals surface area (Å²) in [7, 11) is 0. The Morgan fingerprint density at radius 3 is 2.58 bits per heavy atom. The Kier molecular flexibility index (Phi) is 4.47. The van der Waals surface area contributed by atoms with Crippen LogP contribution in [0.3, 0.4) is 0 Å². The van der Waals surface area contributed by atoms with Gasteiger partial charge in [0, 0.05) is 29.5 Å². The van der Waals surface area contributed by atoms with E-state index in [2.05, 4.69) is 15.0 Å². The van der Waals surface area contributed by atoms with Gasteiger partial charge in [0.05, 0.1) is 0 Å². The lowest BCUT2D eigenvalue weighted by atomic mass is 10.1. The molecule has 4 N–H and O–H groups in total. The molecular weight excluding hydrogens is 240 g/mol. The molecule has 3 rings (SSSR count). The van der Waals surface area contributed by atoms with E-state index in [-0.39, 0.29) is 0 Å². The quantitative estimate of drug-likeness (QED) is 0.653. The number of nitrogens with zero attached hydrogens (tertiary/aromatic N) is 2. The number of hydrogen-bond acceptors (Lipinski definition) is 4. The molecule has 0 fully saturated rings. The van der Waals surface area contributed by atoms with Gasteiger partial charge >= 0.3 is 0 Å². The molecule has 0 amide bonds. The second-order valence-corrected chi connectivity index (χ2v) is 3.99. The Labute approximate surface area is 111 Å². The summed E-state index contributed by atoms with van der Waals surface area (Å²) < 4.78 is 0. The van der Waals surface area contributed by atoms with Gasteiger partial charge < -0.3 is 15.8 Å². The van der Waals surface area contributed by atoms with Gasteiger partial charge in [-0.25, -0.2) is 9.97 Å². The lowest BCUT2D eigenvalue weighted by Gasteiger charge is -1.96. The van der Waals surface area contributed by atoms with Crippen LogP contribution in [0.4, 0.5) is 0 Å². The standard InChI is InChI=1S/C10H12N2O.C4H4N2/c11-4-3-7-6-12-10-2-1-8(13)5-9(7)10;1-2-5-4-6-3-1/h1-2,5-6,12-13H,3-4,11H2;1-4H. The van der Waals surface area contributed by atoms with E-state index in [1.165, 1.54) is 6.33 Å². The highest BCUT2D eigenvalue weighted by molar-refractivity contribution is 5.84. The predicted octanol–water partition coefficient (Wildman–Crippen LogP) is 1.85. The van der Waals surface area contributed by atoms with Gasteiger partial charge in [0.25, 0.3) is 0 Å². The van der Waals surface area contributed by atoms with Gasteiger partial charge in [-0.2, -0.15) is 0 Å². The molecule has 98 valence electrons. The average molecular weight is 256 g/mol. The van der Waals surface area contributed by atoms with Crippen molar-refractivity contribution >= 4 is 10.9 Å². The van der Waals surface area contributed by atoms with Crippen LogP contribution in [0.1, 0.15) is 5.56 Å². The zero-order valence-corrected chi connectivity index (χ0v) is 10.5. The molecule has 0 saturated carbocycles. The molecule has 0 bridgehead atoms. The average Bonchev–Trinajstić information content (AvgIpc) is 2.85. The number of nitrogens with one attached hydrogen (secondary N) is 1. The molecule has 2 heterocycles. The first-order chi connectivity index (χ1) is 9.31. The number of fused-ring (bicyclic) bond motifs is 1. The maximum atomic E-state index is 9.30. The Balaban J connectivity index is 0.000000186. The molecule has 0 aliphatic carbocycles. The zero-order valence-electron chi connectivity index (χ0n) is 10.5. The van der Waals surface area contributed by atoms with Gasteiger partial charge in [-0.3, -0.25) is 0 Å². The molecule has 0 saturated heterocycles. The first-order valence-electron chi connectivity index (χ1n) is 6.00. The van der Waals surface area contributed by atoms with Crippen LogP contribution in [0.25, 0.3) is 10.9 Å². The smallest absolute Gasteiger partial charge is 0.116 e. The number of H-pyrrole nitrogens is 1. The van der Waals surface area contributed by atoms with Crippen molar-refractivity contribution in [1.82, 2.24) is 15.0 Å². The van der Waals surface area contributed by atoms with Crippen molar-refractivity contribution in [1.29, 1.82) is 0 Å². The van der Waals surface area contributed by atoms with Crippen LogP contribution >= 0.6 is 0 Å². The molecule has 5 nitrogen and oxygen atoms in total. The summed E-state index contributed by atoms with van der Waals surface area (Å²) in [5.74, 6) is 0.297. The normalized spacial score (nSPS) is 9.95. The van der Waals surface area contributed by atoms with E-state index in [0.29, 0.717) is 12.3 Å². The maximum Gasteiger partial charge on any atom is 0.116 e. The molecule has 5 heteroatoms. The molecule has 0 atom stereocenters. The minimum absolute atomic E-state index is 0.297. The van der Waals surface area contributed by atoms with Crippen LogP contribution in [0.15, 0.2) is 49.2 Å². The minimum Gasteiger partial charge on any atom is -0.508 e. The van der Waals surface area contributed by atoms with Gasteiger partial charge in [-0.05, 0) is 42.8 Å². The highest BCUT2D eigenvalue weighted by Crippen LogP contribution is 2.22. The van der Waals surface area contributed by atoms with Gasteiger partial charge in [0.15, 0.2) is 0 Å². The highest BCUT2D eigenvalue weighted by Gasteiger charge is 2.02. The number of rotatable bonds is 2. The Hall–Kier alpha value is -2.40. The topological polar surface area (TPSA) is 87.8 Å². The lowest BCUT2D eigenvalue weighted by Crippen LogP contribution is -2.01. The third kappa shape index (κ3) is 3.53. The van der Waals surface area contributed by atoms with Crippen molar-refractivity contribution in [2.24, 2.45) is 5.73 Å². The Bertz CT molecular complexity index is 595. The summed E-state index contributed by atoms with van der Waals surface area (Å²) in [6.07, 6.45) is 7.65. The van der Waals surface area contributed by atoms with Crippen molar-refractivity contribution in [3.63, 3.8) is 0 Å². The van der Waals surface area contributed by atoms with Gasteiger partial charge in [-0.15, -0.1) is 0 Å². The van der Waals surface area contributed by atoms with Crippen molar-refractivity contribution in [2.45, 2.75) is 6.42 Å².